The minimum Gasteiger partial charge on any atom is -0.319 e. The smallest absolute Gasteiger partial charge is 0.0107 e. The van der Waals surface area contributed by atoms with Crippen molar-refractivity contribution in [1.82, 2.24) is 10.2 Å². The zero-order chi connectivity index (χ0) is 11.1. The van der Waals surface area contributed by atoms with Crippen LogP contribution in [0.2, 0.25) is 0 Å². The van der Waals surface area contributed by atoms with E-state index in [-0.39, 0.29) is 0 Å². The standard InChI is InChI=1S/C12H28N2/c1-7-8-14(10(2)3)12(5)11(4)9-13-6/h10-13H,7-9H2,1-6H3. The van der Waals surface area contributed by atoms with Crippen molar-refractivity contribution in [2.75, 3.05) is 20.1 Å². The Morgan fingerprint density at radius 3 is 2.07 bits per heavy atom. The Morgan fingerprint density at radius 1 is 1.14 bits per heavy atom. The quantitative estimate of drug-likeness (QED) is 0.678. The van der Waals surface area contributed by atoms with E-state index >= 15 is 0 Å². The van der Waals surface area contributed by atoms with Crippen molar-refractivity contribution in [3.05, 3.63) is 0 Å². The van der Waals surface area contributed by atoms with E-state index in [9.17, 15) is 0 Å². The van der Waals surface area contributed by atoms with E-state index in [2.05, 4.69) is 44.8 Å². The van der Waals surface area contributed by atoms with E-state index in [1.807, 2.05) is 7.05 Å². The third-order valence-corrected chi connectivity index (χ3v) is 3.02. The van der Waals surface area contributed by atoms with E-state index in [0.29, 0.717) is 18.0 Å². The third-order valence-electron chi connectivity index (χ3n) is 3.02. The summed E-state index contributed by atoms with van der Waals surface area (Å²) in [6.07, 6.45) is 1.24. The van der Waals surface area contributed by atoms with Crippen molar-refractivity contribution >= 4 is 0 Å². The second kappa shape index (κ2) is 7.24. The molecule has 0 heterocycles. The Kier molecular flexibility index (Phi) is 7.20. The lowest BCUT2D eigenvalue weighted by Crippen LogP contribution is -2.44. The molecule has 2 atom stereocenters. The fraction of sp³-hybridized carbons (Fsp3) is 1.00. The third kappa shape index (κ3) is 4.43. The second-order valence-corrected chi connectivity index (χ2v) is 4.61. The number of nitrogens with zero attached hydrogens (tertiary/aromatic N) is 1. The van der Waals surface area contributed by atoms with E-state index in [1.165, 1.54) is 13.0 Å². The Hall–Kier alpha value is -0.0800. The predicted molar refractivity (Wildman–Crippen MR) is 64.7 cm³/mol. The van der Waals surface area contributed by atoms with Gasteiger partial charge in [0.2, 0.25) is 0 Å². The van der Waals surface area contributed by atoms with Crippen LogP contribution in [0.15, 0.2) is 0 Å². The van der Waals surface area contributed by atoms with Crippen molar-refractivity contribution in [1.29, 1.82) is 0 Å². The van der Waals surface area contributed by atoms with Gasteiger partial charge < -0.3 is 5.32 Å². The van der Waals surface area contributed by atoms with Crippen LogP contribution in [0.25, 0.3) is 0 Å². The van der Waals surface area contributed by atoms with Crippen LogP contribution in [0, 0.1) is 5.92 Å². The fourth-order valence-corrected chi connectivity index (χ4v) is 2.01. The van der Waals surface area contributed by atoms with Gasteiger partial charge in [-0.2, -0.15) is 0 Å². The first-order valence-electron chi connectivity index (χ1n) is 5.94. The van der Waals surface area contributed by atoms with Crippen LogP contribution >= 0.6 is 0 Å². The summed E-state index contributed by atoms with van der Waals surface area (Å²) in [5.74, 6) is 0.717. The zero-order valence-electron chi connectivity index (χ0n) is 10.8. The summed E-state index contributed by atoms with van der Waals surface area (Å²) in [6.45, 7) is 13.8. The van der Waals surface area contributed by atoms with Crippen molar-refractivity contribution in [3.63, 3.8) is 0 Å². The van der Waals surface area contributed by atoms with Gasteiger partial charge in [-0.1, -0.05) is 13.8 Å². The predicted octanol–water partition coefficient (Wildman–Crippen LogP) is 2.35. The molecule has 2 unspecified atom stereocenters. The molecule has 0 aliphatic rings. The fourth-order valence-electron chi connectivity index (χ4n) is 2.01. The molecule has 0 saturated carbocycles. The van der Waals surface area contributed by atoms with Crippen LogP contribution in [0.5, 0.6) is 0 Å². The topological polar surface area (TPSA) is 15.3 Å². The minimum absolute atomic E-state index is 0.657. The number of hydrogen-bond acceptors (Lipinski definition) is 2. The van der Waals surface area contributed by atoms with E-state index in [0.717, 1.165) is 6.54 Å². The zero-order valence-corrected chi connectivity index (χ0v) is 10.8. The SMILES string of the molecule is CCCN(C(C)C)C(C)C(C)CNC. The van der Waals surface area contributed by atoms with Crippen molar-refractivity contribution in [2.45, 2.75) is 53.1 Å². The second-order valence-electron chi connectivity index (χ2n) is 4.61. The van der Waals surface area contributed by atoms with Crippen LogP contribution in [0.1, 0.15) is 41.0 Å². The molecule has 0 aliphatic carbocycles. The average molecular weight is 200 g/mol. The summed E-state index contributed by atoms with van der Waals surface area (Å²) >= 11 is 0. The summed E-state index contributed by atoms with van der Waals surface area (Å²) in [7, 11) is 2.03. The van der Waals surface area contributed by atoms with E-state index in [4.69, 9.17) is 0 Å². The van der Waals surface area contributed by atoms with Gasteiger partial charge in [0.25, 0.3) is 0 Å². The highest BCUT2D eigenvalue weighted by Crippen LogP contribution is 2.14. The summed E-state index contributed by atoms with van der Waals surface area (Å²) in [5, 5.41) is 3.26. The lowest BCUT2D eigenvalue weighted by atomic mass is 10.0. The van der Waals surface area contributed by atoms with Gasteiger partial charge in [-0.3, -0.25) is 4.90 Å². The van der Waals surface area contributed by atoms with Crippen LogP contribution in [-0.2, 0) is 0 Å². The average Bonchev–Trinajstić information content (AvgIpc) is 2.13. The molecule has 14 heavy (non-hydrogen) atoms. The van der Waals surface area contributed by atoms with Crippen LogP contribution in [-0.4, -0.2) is 37.1 Å². The van der Waals surface area contributed by atoms with Gasteiger partial charge in [-0.15, -0.1) is 0 Å². The first-order valence-corrected chi connectivity index (χ1v) is 5.94. The lowest BCUT2D eigenvalue weighted by molar-refractivity contribution is 0.124. The minimum atomic E-state index is 0.657. The molecular weight excluding hydrogens is 172 g/mol. The molecule has 0 aromatic heterocycles. The molecule has 0 aromatic carbocycles. The summed E-state index contributed by atoms with van der Waals surface area (Å²) in [5.41, 5.74) is 0. The highest BCUT2D eigenvalue weighted by atomic mass is 15.2. The van der Waals surface area contributed by atoms with Crippen molar-refractivity contribution in [3.8, 4) is 0 Å². The first kappa shape index (κ1) is 13.9. The summed E-state index contributed by atoms with van der Waals surface area (Å²) < 4.78 is 0. The molecule has 0 spiro atoms. The van der Waals surface area contributed by atoms with Crippen LogP contribution < -0.4 is 5.32 Å². The number of rotatable bonds is 7. The highest BCUT2D eigenvalue weighted by Gasteiger charge is 2.20. The maximum absolute atomic E-state index is 3.26. The molecule has 0 bridgehead atoms. The van der Waals surface area contributed by atoms with Gasteiger partial charge in [0.15, 0.2) is 0 Å². The normalized spacial score (nSPS) is 16.3. The van der Waals surface area contributed by atoms with Gasteiger partial charge in [-0.05, 0) is 53.2 Å². The molecule has 2 nitrogen and oxygen atoms in total. The highest BCUT2D eigenvalue weighted by molar-refractivity contribution is 4.76. The Balaban J connectivity index is 4.19. The molecule has 1 N–H and O–H groups in total. The monoisotopic (exact) mass is 200 g/mol. The molecule has 0 amide bonds. The van der Waals surface area contributed by atoms with Gasteiger partial charge in [-0.25, -0.2) is 0 Å². The number of hydrogen-bond donors (Lipinski definition) is 1. The Labute approximate surface area is 90.1 Å². The van der Waals surface area contributed by atoms with Gasteiger partial charge in [0.05, 0.1) is 0 Å². The molecule has 0 saturated heterocycles. The van der Waals surface area contributed by atoms with Crippen molar-refractivity contribution < 1.29 is 0 Å². The summed E-state index contributed by atoms with van der Waals surface area (Å²) in [6, 6.07) is 1.33. The molecular formula is C12H28N2. The molecule has 0 aliphatic heterocycles. The van der Waals surface area contributed by atoms with Gasteiger partial charge in [0.1, 0.15) is 0 Å². The van der Waals surface area contributed by atoms with E-state index in [1.54, 1.807) is 0 Å². The van der Waals surface area contributed by atoms with Gasteiger partial charge in [0, 0.05) is 12.1 Å². The lowest BCUT2D eigenvalue weighted by Gasteiger charge is -2.36. The number of nitrogens with one attached hydrogen (secondary N) is 1. The Bertz CT molecular complexity index is 134. The maximum Gasteiger partial charge on any atom is 0.0107 e. The molecule has 0 radical (unpaired) electrons. The maximum atomic E-state index is 3.26. The first-order chi connectivity index (χ1) is 6.54. The molecule has 2 heteroatoms. The Morgan fingerprint density at radius 2 is 1.71 bits per heavy atom. The van der Waals surface area contributed by atoms with Gasteiger partial charge >= 0.3 is 0 Å². The molecule has 86 valence electrons. The van der Waals surface area contributed by atoms with E-state index < -0.39 is 0 Å². The van der Waals surface area contributed by atoms with Crippen molar-refractivity contribution in [2.24, 2.45) is 5.92 Å². The molecule has 0 fully saturated rings. The molecule has 0 rings (SSSR count). The largest absolute Gasteiger partial charge is 0.319 e. The summed E-state index contributed by atoms with van der Waals surface area (Å²) in [4.78, 5) is 2.60. The molecule has 0 aromatic rings. The van der Waals surface area contributed by atoms with Crippen LogP contribution in [0.4, 0.5) is 0 Å². The van der Waals surface area contributed by atoms with Crippen LogP contribution in [0.3, 0.4) is 0 Å².